The number of benzene rings is 1. The highest BCUT2D eigenvalue weighted by Crippen LogP contribution is 2.51. The van der Waals surface area contributed by atoms with Gasteiger partial charge in [0, 0.05) is 18.2 Å². The van der Waals surface area contributed by atoms with E-state index in [1.807, 2.05) is 26.0 Å². The molecule has 3 heterocycles. The monoisotopic (exact) mass is 902 g/mol. The molecule has 0 unspecified atom stereocenters. The highest BCUT2D eigenvalue weighted by atomic mass is 16.8. The van der Waals surface area contributed by atoms with Gasteiger partial charge in [0.15, 0.2) is 18.5 Å². The average molecular weight is 903 g/mol. The van der Waals surface area contributed by atoms with Gasteiger partial charge in [0.2, 0.25) is 5.79 Å². The molecule has 0 bridgehead atoms. The van der Waals surface area contributed by atoms with Gasteiger partial charge < -0.3 is 74.4 Å². The molecule has 356 valence electrons. The van der Waals surface area contributed by atoms with Gasteiger partial charge in [-0.25, -0.2) is 9.59 Å². The van der Waals surface area contributed by atoms with Gasteiger partial charge in [0.25, 0.3) is 0 Å². The van der Waals surface area contributed by atoms with Gasteiger partial charge in [0.1, 0.15) is 54.7 Å². The molecular formula is C47H66O17. The first kappa shape index (κ1) is 52.4. The molecule has 1 aromatic carbocycles. The Balaban J connectivity index is 1.50. The Kier molecular flexibility index (Phi) is 20.8. The summed E-state index contributed by atoms with van der Waals surface area (Å²) in [5.74, 6) is -4.36. The molecule has 0 aliphatic carbocycles. The first-order valence-corrected chi connectivity index (χ1v) is 21.8. The minimum Gasteiger partial charge on any atom is -0.508 e. The Bertz CT molecular complexity index is 1840. The molecule has 64 heavy (non-hydrogen) atoms. The molecule has 17 heteroatoms. The summed E-state index contributed by atoms with van der Waals surface area (Å²) in [5.41, 5.74) is 0.842. The summed E-state index contributed by atoms with van der Waals surface area (Å²) in [7, 11) is 0. The van der Waals surface area contributed by atoms with E-state index in [1.54, 1.807) is 18.2 Å². The number of allylic oxidation sites excluding steroid dienone is 8. The number of carbonyl (C=O) groups excluding carboxylic acids is 2. The van der Waals surface area contributed by atoms with Crippen molar-refractivity contribution in [2.75, 3.05) is 13.2 Å². The molecule has 17 nitrogen and oxygen atoms in total. The van der Waals surface area contributed by atoms with E-state index in [0.29, 0.717) is 25.2 Å². The Morgan fingerprint density at radius 3 is 2.25 bits per heavy atom. The molecule has 0 saturated carbocycles. The maximum atomic E-state index is 13.4. The number of aromatic hydroxyl groups is 2. The predicted octanol–water partition coefficient (Wildman–Crippen LogP) is 3.04. The topological polar surface area (TPSA) is 272 Å². The fraction of sp³-hybridized carbons (Fsp3) is 0.574. The molecular weight excluding hydrogens is 837 g/mol. The predicted molar refractivity (Wildman–Crippen MR) is 231 cm³/mol. The summed E-state index contributed by atoms with van der Waals surface area (Å²) in [6, 6.07) is 2.25. The number of ether oxygens (including phenoxy) is 6. The van der Waals surface area contributed by atoms with Crippen molar-refractivity contribution < 1.29 is 84.0 Å². The number of esters is 2. The first-order valence-electron chi connectivity index (χ1n) is 21.8. The van der Waals surface area contributed by atoms with E-state index in [9.17, 15) is 55.5 Å². The van der Waals surface area contributed by atoms with E-state index < -0.39 is 104 Å². The number of aliphatic hydroxyl groups excluding tert-OH is 7. The van der Waals surface area contributed by atoms with Crippen LogP contribution in [0, 0.1) is 5.92 Å². The number of phenols is 2. The zero-order valence-corrected chi connectivity index (χ0v) is 36.8. The number of fused-ring (bicyclic) bond motifs is 2. The highest BCUT2D eigenvalue weighted by Gasteiger charge is 2.63. The summed E-state index contributed by atoms with van der Waals surface area (Å²) in [5, 5.41) is 96.4. The van der Waals surface area contributed by atoms with Crippen molar-refractivity contribution in [2.24, 2.45) is 5.92 Å². The van der Waals surface area contributed by atoms with Gasteiger partial charge in [-0.05, 0) is 68.6 Å². The number of phenolic OH excluding ortho intramolecular Hbond substituents is 2. The van der Waals surface area contributed by atoms with Crippen molar-refractivity contribution in [3.05, 3.63) is 95.7 Å². The van der Waals surface area contributed by atoms with Gasteiger partial charge in [-0.1, -0.05) is 81.9 Å². The summed E-state index contributed by atoms with van der Waals surface area (Å²) in [6.45, 7) is 6.24. The van der Waals surface area contributed by atoms with E-state index in [0.717, 1.165) is 43.1 Å². The minimum atomic E-state index is -2.28. The zero-order valence-electron chi connectivity index (χ0n) is 36.8. The quantitative estimate of drug-likeness (QED) is 0.0460. The van der Waals surface area contributed by atoms with Gasteiger partial charge in [0.05, 0.1) is 31.0 Å². The number of rotatable bonds is 22. The smallest absolute Gasteiger partial charge is 0.331 e. The van der Waals surface area contributed by atoms with Crippen LogP contribution in [0.25, 0.3) is 0 Å². The number of aliphatic hydroxyl groups is 7. The third-order valence-corrected chi connectivity index (χ3v) is 11.5. The second kappa shape index (κ2) is 25.5. The first-order chi connectivity index (χ1) is 30.6. The lowest BCUT2D eigenvalue weighted by Crippen LogP contribution is -2.67. The Morgan fingerprint density at radius 1 is 0.859 bits per heavy atom. The molecule has 1 spiro atoms. The van der Waals surface area contributed by atoms with E-state index in [4.69, 9.17) is 28.4 Å². The van der Waals surface area contributed by atoms with Crippen molar-refractivity contribution in [3.8, 4) is 11.5 Å². The van der Waals surface area contributed by atoms with Crippen molar-refractivity contribution >= 4 is 11.9 Å². The van der Waals surface area contributed by atoms with Crippen molar-refractivity contribution in [1.82, 2.24) is 0 Å². The van der Waals surface area contributed by atoms with Gasteiger partial charge in [-0.2, -0.15) is 0 Å². The summed E-state index contributed by atoms with van der Waals surface area (Å²) >= 11 is 0. The van der Waals surface area contributed by atoms with Gasteiger partial charge in [-0.15, -0.1) is 0 Å². The second-order valence-electron chi connectivity index (χ2n) is 16.3. The SMILES string of the molecule is CC[C@@H](C)CC/C=C/C=C(\C)[C@H](O)C/C=C/C=C/C(=O)O[C@@H]1[C@@H](O[C@H]2O[C@@H](COC(=O)/C=C/C=C/CC[C@H](O)CC)[C@H](O)[C@@H](O)[C@@H]2O)[C@H](CO)O[C@]2(OCc3cc(O)cc(O)c32)[C@@H]1O. The van der Waals surface area contributed by atoms with Crippen LogP contribution in [0.5, 0.6) is 11.5 Å². The van der Waals surface area contributed by atoms with Crippen LogP contribution in [-0.2, 0) is 50.4 Å². The van der Waals surface area contributed by atoms with Crippen LogP contribution in [0.15, 0.2) is 84.5 Å². The lowest BCUT2D eigenvalue weighted by atomic mass is 9.86. The van der Waals surface area contributed by atoms with Crippen LogP contribution < -0.4 is 0 Å². The molecule has 3 aliphatic heterocycles. The number of carbonyl (C=O) groups is 2. The van der Waals surface area contributed by atoms with E-state index in [-0.39, 0.29) is 29.9 Å². The summed E-state index contributed by atoms with van der Waals surface area (Å²) in [4.78, 5) is 25.8. The van der Waals surface area contributed by atoms with Crippen LogP contribution in [-0.4, -0.2) is 138 Å². The molecule has 1 aromatic rings. The van der Waals surface area contributed by atoms with E-state index >= 15 is 0 Å². The van der Waals surface area contributed by atoms with Gasteiger partial charge in [-0.3, -0.25) is 0 Å². The highest BCUT2D eigenvalue weighted by molar-refractivity contribution is 5.82. The number of hydrogen-bond acceptors (Lipinski definition) is 17. The number of hydrogen-bond donors (Lipinski definition) is 9. The lowest BCUT2D eigenvalue weighted by Gasteiger charge is -2.50. The maximum Gasteiger partial charge on any atom is 0.331 e. The van der Waals surface area contributed by atoms with Crippen molar-refractivity contribution in [1.29, 1.82) is 0 Å². The maximum absolute atomic E-state index is 13.4. The fourth-order valence-electron chi connectivity index (χ4n) is 7.30. The molecule has 4 rings (SSSR count). The summed E-state index contributed by atoms with van der Waals surface area (Å²) in [6.07, 6.45) is 5.02. The van der Waals surface area contributed by atoms with Crippen molar-refractivity contribution in [2.45, 2.75) is 152 Å². The van der Waals surface area contributed by atoms with Crippen LogP contribution >= 0.6 is 0 Å². The summed E-state index contributed by atoms with van der Waals surface area (Å²) < 4.78 is 34.7. The van der Waals surface area contributed by atoms with Crippen molar-refractivity contribution in [3.63, 3.8) is 0 Å². The van der Waals surface area contributed by atoms with E-state index in [1.165, 1.54) is 24.3 Å². The minimum absolute atomic E-state index is 0.118. The standard InChI is InChI=1S/C47H66O17/c1-5-28(3)17-11-9-12-18-29(4)33(51)20-14-10-16-22-38(54)62-44-43(35(25-48)64-47(45(44)58)39-30(26-60-47)23-32(50)24-34(39)52)63-46-42(57)41(56)40(55)36(61-46)27-59-37(53)21-15-8-7-13-19-31(49)6-2/h7-10,12,14-16,18,21-24,28,31,33,35-36,40-46,48-52,55-58H,5-6,11,13,17,19-20,25-27H2,1-4H3/b8-7+,12-9+,14-10+,21-15+,22-16+,29-18+/t28-,31-,33-,35+,36+,40+,41-,42+,43+,44-,45-,46-,47+/m1/s1. The molecule has 2 fully saturated rings. The van der Waals surface area contributed by atoms with Crippen LogP contribution in [0.3, 0.4) is 0 Å². The Hall–Kier alpha value is -4.24. The van der Waals surface area contributed by atoms with Gasteiger partial charge >= 0.3 is 11.9 Å². The van der Waals surface area contributed by atoms with E-state index in [2.05, 4.69) is 19.9 Å². The Labute approximate surface area is 373 Å². The fourth-order valence-corrected chi connectivity index (χ4v) is 7.30. The molecule has 13 atom stereocenters. The van der Waals surface area contributed by atoms with Crippen LogP contribution in [0.2, 0.25) is 0 Å². The molecule has 9 N–H and O–H groups in total. The van der Waals surface area contributed by atoms with Crippen LogP contribution in [0.4, 0.5) is 0 Å². The Morgan fingerprint density at radius 2 is 1.55 bits per heavy atom. The molecule has 3 aliphatic rings. The normalized spacial score (nSPS) is 30.2. The molecule has 0 amide bonds. The zero-order chi connectivity index (χ0) is 47.0. The molecule has 2 saturated heterocycles. The second-order valence-corrected chi connectivity index (χ2v) is 16.3. The van der Waals surface area contributed by atoms with Crippen LogP contribution in [0.1, 0.15) is 83.8 Å². The largest absolute Gasteiger partial charge is 0.508 e. The molecule has 0 radical (unpaired) electrons. The molecule has 0 aromatic heterocycles. The average Bonchev–Trinajstić information content (AvgIpc) is 3.64. The third kappa shape index (κ3) is 14.1. The lowest BCUT2D eigenvalue weighted by molar-refractivity contribution is -0.395. The third-order valence-electron chi connectivity index (χ3n) is 11.5.